The molecule has 0 bridgehead atoms. The van der Waals surface area contributed by atoms with Gasteiger partial charge in [0.25, 0.3) is 0 Å². The molecule has 2 aromatic rings. The quantitative estimate of drug-likeness (QED) is 0.209. The van der Waals surface area contributed by atoms with Gasteiger partial charge in [-0.2, -0.15) is 0 Å². The fourth-order valence-electron chi connectivity index (χ4n) is 2.70. The molecule has 4 nitrogen and oxygen atoms in total. The van der Waals surface area contributed by atoms with Crippen molar-refractivity contribution in [3.05, 3.63) is 59.9 Å². The summed E-state index contributed by atoms with van der Waals surface area (Å²) in [6.07, 6.45) is 1.78. The fraction of sp³-hybridized carbons (Fsp3) is 0.316. The second-order valence-electron chi connectivity index (χ2n) is 5.79. The first kappa shape index (κ1) is 20.8. The van der Waals surface area contributed by atoms with Crippen LogP contribution in [0.1, 0.15) is 24.4 Å². The van der Waals surface area contributed by atoms with Gasteiger partial charge in [0.1, 0.15) is 11.6 Å². The summed E-state index contributed by atoms with van der Waals surface area (Å²) < 4.78 is 18.5. The largest absolute Gasteiger partial charge is 0.493 e. The van der Waals surface area contributed by atoms with Crippen LogP contribution in [0.25, 0.3) is 0 Å². The summed E-state index contributed by atoms with van der Waals surface area (Å²) in [6, 6.07) is 14.7. The van der Waals surface area contributed by atoms with Crippen LogP contribution in [0.3, 0.4) is 0 Å². The lowest BCUT2D eigenvalue weighted by Crippen LogP contribution is -2.37. The minimum atomic E-state index is -0.206. The van der Waals surface area contributed by atoms with E-state index in [1.54, 1.807) is 23.9 Å². The average Bonchev–Trinajstić information content (AvgIpc) is 2.63. The van der Waals surface area contributed by atoms with Crippen LogP contribution >= 0.6 is 35.7 Å². The standard InChI is InChI=1S/C19H22FN3OS.HI/c20-14-6-8-15(9-7-14)25-13-3-11-22-19(21)23-17-10-12-24-18-5-2-1-4-16(17)18;/h1-2,4-9,17H,3,10-13H2,(H3,21,22,23);1H. The molecule has 0 amide bonds. The summed E-state index contributed by atoms with van der Waals surface area (Å²) in [5.74, 6) is 2.09. The van der Waals surface area contributed by atoms with Gasteiger partial charge >= 0.3 is 0 Å². The van der Waals surface area contributed by atoms with Crippen LogP contribution in [0.15, 0.2) is 58.4 Å². The number of para-hydroxylation sites is 1. The number of halogens is 2. The Labute approximate surface area is 174 Å². The minimum Gasteiger partial charge on any atom is -0.493 e. The molecule has 140 valence electrons. The molecule has 0 saturated carbocycles. The predicted octanol–water partition coefficient (Wildman–Crippen LogP) is 4.35. The molecule has 0 radical (unpaired) electrons. The van der Waals surface area contributed by atoms with Crippen molar-refractivity contribution in [1.82, 2.24) is 5.32 Å². The second-order valence-corrected chi connectivity index (χ2v) is 6.96. The third-order valence-corrected chi connectivity index (χ3v) is 5.05. The molecule has 1 heterocycles. The summed E-state index contributed by atoms with van der Waals surface area (Å²) >= 11 is 1.69. The van der Waals surface area contributed by atoms with Crippen molar-refractivity contribution in [3.63, 3.8) is 0 Å². The number of thioether (sulfide) groups is 1. The van der Waals surface area contributed by atoms with Gasteiger partial charge in [-0.15, -0.1) is 35.7 Å². The van der Waals surface area contributed by atoms with Gasteiger partial charge in [-0.1, -0.05) is 18.2 Å². The van der Waals surface area contributed by atoms with E-state index in [4.69, 9.17) is 10.5 Å². The van der Waals surface area contributed by atoms with Crippen LogP contribution in [0.4, 0.5) is 4.39 Å². The maximum absolute atomic E-state index is 12.8. The highest BCUT2D eigenvalue weighted by Gasteiger charge is 2.21. The van der Waals surface area contributed by atoms with E-state index in [0.717, 1.165) is 34.8 Å². The Morgan fingerprint density at radius 1 is 1.23 bits per heavy atom. The van der Waals surface area contributed by atoms with Crippen molar-refractivity contribution >= 4 is 41.7 Å². The zero-order valence-corrected chi connectivity index (χ0v) is 17.5. The molecule has 1 unspecified atom stereocenters. The van der Waals surface area contributed by atoms with E-state index < -0.39 is 0 Å². The van der Waals surface area contributed by atoms with Crippen molar-refractivity contribution in [2.75, 3.05) is 18.9 Å². The normalized spacial score (nSPS) is 16.2. The molecule has 0 fully saturated rings. The van der Waals surface area contributed by atoms with Gasteiger partial charge in [0.15, 0.2) is 5.96 Å². The monoisotopic (exact) mass is 487 g/mol. The lowest BCUT2D eigenvalue weighted by atomic mass is 10.0. The number of hydrogen-bond acceptors (Lipinski definition) is 3. The molecule has 0 spiro atoms. The van der Waals surface area contributed by atoms with Crippen LogP contribution in [-0.4, -0.2) is 24.9 Å². The van der Waals surface area contributed by atoms with E-state index >= 15 is 0 Å². The van der Waals surface area contributed by atoms with Crippen molar-refractivity contribution < 1.29 is 9.13 Å². The Morgan fingerprint density at radius 2 is 2.00 bits per heavy atom. The Bertz CT molecular complexity index is 727. The highest BCUT2D eigenvalue weighted by Crippen LogP contribution is 2.31. The molecule has 26 heavy (non-hydrogen) atoms. The third kappa shape index (κ3) is 6.05. The van der Waals surface area contributed by atoms with Crippen molar-refractivity contribution in [2.45, 2.75) is 23.8 Å². The molecule has 1 aliphatic heterocycles. The Balaban J connectivity index is 0.00000243. The number of ether oxygens (including phenoxy) is 1. The molecule has 1 aliphatic rings. The SMILES string of the molecule is I.NC(=NCCCSc1ccc(F)cc1)NC1CCOc2ccccc21. The number of rotatable bonds is 6. The summed E-state index contributed by atoms with van der Waals surface area (Å²) in [4.78, 5) is 5.47. The lowest BCUT2D eigenvalue weighted by molar-refractivity contribution is 0.262. The average molecular weight is 487 g/mol. The topological polar surface area (TPSA) is 59.6 Å². The number of fused-ring (bicyclic) bond motifs is 1. The second kappa shape index (κ2) is 10.6. The maximum atomic E-state index is 12.8. The molecule has 0 aliphatic carbocycles. The first-order chi connectivity index (χ1) is 12.2. The molecule has 2 aromatic carbocycles. The van der Waals surface area contributed by atoms with Gasteiger partial charge in [-0.05, 0) is 42.5 Å². The lowest BCUT2D eigenvalue weighted by Gasteiger charge is -2.26. The van der Waals surface area contributed by atoms with Crippen LogP contribution in [0, 0.1) is 5.82 Å². The van der Waals surface area contributed by atoms with Gasteiger partial charge in [-0.3, -0.25) is 4.99 Å². The van der Waals surface area contributed by atoms with Gasteiger partial charge < -0.3 is 15.8 Å². The zero-order chi connectivity index (χ0) is 17.5. The highest BCUT2D eigenvalue weighted by atomic mass is 127. The molecule has 0 aromatic heterocycles. The van der Waals surface area contributed by atoms with E-state index in [-0.39, 0.29) is 35.8 Å². The smallest absolute Gasteiger partial charge is 0.189 e. The van der Waals surface area contributed by atoms with Gasteiger partial charge in [0, 0.05) is 23.4 Å². The summed E-state index contributed by atoms with van der Waals surface area (Å²) in [6.45, 7) is 1.34. The van der Waals surface area contributed by atoms with Crippen LogP contribution < -0.4 is 15.8 Å². The fourth-order valence-corrected chi connectivity index (χ4v) is 3.54. The molecule has 3 N–H and O–H groups in total. The summed E-state index contributed by atoms with van der Waals surface area (Å²) in [5, 5.41) is 3.29. The first-order valence-electron chi connectivity index (χ1n) is 8.39. The molecule has 0 saturated heterocycles. The number of aliphatic imine (C=N–C) groups is 1. The van der Waals surface area contributed by atoms with E-state index in [9.17, 15) is 4.39 Å². The number of guanidine groups is 1. The first-order valence-corrected chi connectivity index (χ1v) is 9.37. The van der Waals surface area contributed by atoms with Crippen molar-refractivity contribution in [2.24, 2.45) is 10.7 Å². The van der Waals surface area contributed by atoms with E-state index in [2.05, 4.69) is 16.4 Å². The number of benzene rings is 2. The molecular weight excluding hydrogens is 464 g/mol. The van der Waals surface area contributed by atoms with E-state index in [1.807, 2.05) is 18.2 Å². The number of hydrogen-bond donors (Lipinski definition) is 2. The molecular formula is C19H23FIN3OS. The molecule has 7 heteroatoms. The summed E-state index contributed by atoms with van der Waals surface area (Å²) in [7, 11) is 0. The third-order valence-electron chi connectivity index (χ3n) is 3.95. The number of nitrogens with zero attached hydrogens (tertiary/aromatic N) is 1. The predicted molar refractivity (Wildman–Crippen MR) is 116 cm³/mol. The Hall–Kier alpha value is -1.48. The van der Waals surface area contributed by atoms with Crippen molar-refractivity contribution in [1.29, 1.82) is 0 Å². The molecule has 1 atom stereocenters. The Morgan fingerprint density at radius 3 is 2.81 bits per heavy atom. The highest BCUT2D eigenvalue weighted by molar-refractivity contribution is 14.0. The maximum Gasteiger partial charge on any atom is 0.189 e. The minimum absolute atomic E-state index is 0. The zero-order valence-electron chi connectivity index (χ0n) is 14.4. The van der Waals surface area contributed by atoms with Gasteiger partial charge in [0.2, 0.25) is 0 Å². The number of nitrogens with two attached hydrogens (primary N) is 1. The molecule has 3 rings (SSSR count). The number of nitrogens with one attached hydrogen (secondary N) is 1. The van der Waals surface area contributed by atoms with Gasteiger partial charge in [-0.25, -0.2) is 4.39 Å². The summed E-state index contributed by atoms with van der Waals surface area (Å²) in [5.41, 5.74) is 7.15. The Kier molecular flexibility index (Phi) is 8.50. The van der Waals surface area contributed by atoms with Crippen molar-refractivity contribution in [3.8, 4) is 5.75 Å². The van der Waals surface area contributed by atoms with Crippen LogP contribution in [0.5, 0.6) is 5.75 Å². The van der Waals surface area contributed by atoms with E-state index in [0.29, 0.717) is 19.1 Å². The van der Waals surface area contributed by atoms with Crippen LogP contribution in [-0.2, 0) is 0 Å². The van der Waals surface area contributed by atoms with E-state index in [1.165, 1.54) is 12.1 Å². The van der Waals surface area contributed by atoms with Gasteiger partial charge in [0.05, 0.1) is 12.6 Å². The van der Waals surface area contributed by atoms with Crippen LogP contribution in [0.2, 0.25) is 0 Å².